The fourth-order valence-corrected chi connectivity index (χ4v) is 3.82. The number of imidazole rings is 1. The number of fused-ring (bicyclic) bond motifs is 1. The van der Waals surface area contributed by atoms with Crippen molar-refractivity contribution in [2.75, 3.05) is 24.6 Å². The van der Waals surface area contributed by atoms with Gasteiger partial charge in [0.25, 0.3) is 0 Å². The van der Waals surface area contributed by atoms with Crippen molar-refractivity contribution >= 4 is 17.7 Å². The number of hydrogen-bond donors (Lipinski definition) is 1. The molecule has 1 aromatic rings. The van der Waals surface area contributed by atoms with Gasteiger partial charge in [0.1, 0.15) is 5.82 Å². The minimum atomic E-state index is -0.00280. The number of amides is 1. The maximum atomic E-state index is 12.7. The lowest BCUT2D eigenvalue weighted by atomic mass is 9.85. The Morgan fingerprint density at radius 3 is 2.95 bits per heavy atom. The van der Waals surface area contributed by atoms with Crippen molar-refractivity contribution in [1.29, 1.82) is 0 Å². The van der Waals surface area contributed by atoms with Gasteiger partial charge in [-0.05, 0) is 25.6 Å². The summed E-state index contributed by atoms with van der Waals surface area (Å²) < 4.78 is 2.20. The molecule has 1 atom stereocenters. The standard InChI is InChI=1S/C16H28N4OS/c1-5-22-10-13(21)20(8-6-7-17)14-15-18-12(2)9-19(15)11-16(14,3)4/h9,14H,5-8,10-11,17H2,1-4H3. The Bertz CT molecular complexity index is 526. The summed E-state index contributed by atoms with van der Waals surface area (Å²) in [5, 5.41) is 0. The van der Waals surface area contributed by atoms with Crippen molar-refractivity contribution in [2.45, 2.75) is 46.7 Å². The van der Waals surface area contributed by atoms with Crippen molar-refractivity contribution in [3.8, 4) is 0 Å². The van der Waals surface area contributed by atoms with E-state index >= 15 is 0 Å². The van der Waals surface area contributed by atoms with E-state index in [2.05, 4.69) is 31.5 Å². The number of aromatic nitrogens is 2. The third-order valence-electron chi connectivity index (χ3n) is 4.16. The number of aryl methyl sites for hydroxylation is 1. The first-order valence-electron chi connectivity index (χ1n) is 8.01. The fourth-order valence-electron chi connectivity index (χ4n) is 3.28. The minimum absolute atomic E-state index is 0.00280. The van der Waals surface area contributed by atoms with Crippen molar-refractivity contribution in [2.24, 2.45) is 11.1 Å². The smallest absolute Gasteiger partial charge is 0.233 e. The van der Waals surface area contributed by atoms with Gasteiger partial charge in [-0.1, -0.05) is 20.8 Å². The van der Waals surface area contributed by atoms with Crippen LogP contribution in [-0.2, 0) is 11.3 Å². The second-order valence-corrected chi connectivity index (χ2v) is 7.90. The van der Waals surface area contributed by atoms with Gasteiger partial charge in [0, 0.05) is 24.7 Å². The van der Waals surface area contributed by atoms with E-state index in [1.807, 2.05) is 11.8 Å². The summed E-state index contributed by atoms with van der Waals surface area (Å²) in [4.78, 5) is 19.4. The lowest BCUT2D eigenvalue weighted by Crippen LogP contribution is -2.42. The van der Waals surface area contributed by atoms with Gasteiger partial charge in [-0.15, -0.1) is 0 Å². The molecule has 0 saturated carbocycles. The number of hydrogen-bond acceptors (Lipinski definition) is 4. The molecule has 1 aliphatic rings. The molecule has 0 spiro atoms. The fraction of sp³-hybridized carbons (Fsp3) is 0.750. The summed E-state index contributed by atoms with van der Waals surface area (Å²) in [5.74, 6) is 2.72. The number of rotatable bonds is 7. The maximum Gasteiger partial charge on any atom is 0.233 e. The van der Waals surface area contributed by atoms with Crippen LogP contribution in [0.3, 0.4) is 0 Å². The summed E-state index contributed by atoms with van der Waals surface area (Å²) in [6.45, 7) is 10.7. The quantitative estimate of drug-likeness (QED) is 0.835. The summed E-state index contributed by atoms with van der Waals surface area (Å²) >= 11 is 1.67. The zero-order valence-electron chi connectivity index (χ0n) is 14.1. The highest BCUT2D eigenvalue weighted by molar-refractivity contribution is 7.99. The molecule has 0 radical (unpaired) electrons. The Morgan fingerprint density at radius 2 is 2.32 bits per heavy atom. The van der Waals surface area contributed by atoms with E-state index < -0.39 is 0 Å². The lowest BCUT2D eigenvalue weighted by molar-refractivity contribution is -0.133. The largest absolute Gasteiger partial charge is 0.332 e. The Morgan fingerprint density at radius 1 is 1.59 bits per heavy atom. The average molecular weight is 324 g/mol. The maximum absolute atomic E-state index is 12.7. The first-order valence-corrected chi connectivity index (χ1v) is 9.17. The highest BCUT2D eigenvalue weighted by atomic mass is 32.2. The molecule has 0 bridgehead atoms. The summed E-state index contributed by atoms with van der Waals surface area (Å²) in [6, 6.07) is 0.0395. The van der Waals surface area contributed by atoms with Gasteiger partial charge in [-0.2, -0.15) is 11.8 Å². The van der Waals surface area contributed by atoms with E-state index in [1.54, 1.807) is 11.8 Å². The van der Waals surface area contributed by atoms with Gasteiger partial charge >= 0.3 is 0 Å². The Balaban J connectivity index is 2.29. The van der Waals surface area contributed by atoms with Gasteiger partial charge in [0.05, 0.1) is 17.5 Å². The molecule has 22 heavy (non-hydrogen) atoms. The van der Waals surface area contributed by atoms with E-state index in [0.29, 0.717) is 18.8 Å². The second-order valence-electron chi connectivity index (χ2n) is 6.63. The number of nitrogens with two attached hydrogens (primary N) is 1. The molecular weight excluding hydrogens is 296 g/mol. The third-order valence-corrected chi connectivity index (χ3v) is 5.01. The Hall–Kier alpha value is -1.01. The zero-order valence-corrected chi connectivity index (χ0v) is 14.9. The topological polar surface area (TPSA) is 64.2 Å². The first kappa shape index (κ1) is 17.3. The molecule has 2 rings (SSSR count). The van der Waals surface area contributed by atoms with Crippen LogP contribution in [-0.4, -0.2) is 45.0 Å². The Labute approximate surface area is 137 Å². The minimum Gasteiger partial charge on any atom is -0.332 e. The number of carbonyl (C=O) groups excluding carboxylic acids is 1. The molecular formula is C16H28N4OS. The first-order chi connectivity index (χ1) is 10.4. The van der Waals surface area contributed by atoms with Crippen LogP contribution in [0.2, 0.25) is 0 Å². The van der Waals surface area contributed by atoms with Gasteiger partial charge in [-0.3, -0.25) is 4.79 Å². The van der Waals surface area contributed by atoms with Gasteiger partial charge in [0.2, 0.25) is 5.91 Å². The molecule has 1 unspecified atom stereocenters. The molecule has 6 heteroatoms. The van der Waals surface area contributed by atoms with Crippen LogP contribution in [0.15, 0.2) is 6.20 Å². The highest BCUT2D eigenvalue weighted by Gasteiger charge is 2.45. The van der Waals surface area contributed by atoms with Crippen molar-refractivity contribution in [3.63, 3.8) is 0 Å². The van der Waals surface area contributed by atoms with Gasteiger partial charge in [0.15, 0.2) is 0 Å². The van der Waals surface area contributed by atoms with E-state index in [9.17, 15) is 4.79 Å². The van der Waals surface area contributed by atoms with Crippen molar-refractivity contribution < 1.29 is 4.79 Å². The highest BCUT2D eigenvalue weighted by Crippen LogP contribution is 2.45. The Kier molecular flexibility index (Phi) is 5.55. The van der Waals surface area contributed by atoms with E-state index in [4.69, 9.17) is 10.7 Å². The zero-order chi connectivity index (χ0) is 16.3. The monoisotopic (exact) mass is 324 g/mol. The van der Waals surface area contributed by atoms with Crippen LogP contribution in [0.1, 0.15) is 44.8 Å². The van der Waals surface area contributed by atoms with Crippen LogP contribution in [0.4, 0.5) is 0 Å². The molecule has 0 saturated heterocycles. The molecule has 0 fully saturated rings. The molecule has 2 heterocycles. The average Bonchev–Trinajstić information content (AvgIpc) is 2.89. The van der Waals surface area contributed by atoms with E-state index in [0.717, 1.165) is 30.2 Å². The second kappa shape index (κ2) is 7.04. The normalized spacial score (nSPS) is 19.2. The number of carbonyl (C=O) groups is 1. The van der Waals surface area contributed by atoms with Gasteiger partial charge in [-0.25, -0.2) is 4.98 Å². The van der Waals surface area contributed by atoms with E-state index in [-0.39, 0.29) is 17.4 Å². The van der Waals surface area contributed by atoms with Crippen LogP contribution in [0, 0.1) is 12.3 Å². The van der Waals surface area contributed by atoms with E-state index in [1.165, 1.54) is 0 Å². The lowest BCUT2D eigenvalue weighted by Gasteiger charge is -2.36. The van der Waals surface area contributed by atoms with Crippen LogP contribution in [0.5, 0.6) is 0 Å². The summed E-state index contributed by atoms with van der Waals surface area (Å²) in [6.07, 6.45) is 2.91. The predicted molar refractivity (Wildman–Crippen MR) is 91.9 cm³/mol. The predicted octanol–water partition coefficient (Wildman–Crippen LogP) is 2.20. The van der Waals surface area contributed by atoms with Gasteiger partial charge < -0.3 is 15.2 Å². The molecule has 1 aromatic heterocycles. The summed E-state index contributed by atoms with van der Waals surface area (Å²) in [7, 11) is 0. The van der Waals surface area contributed by atoms with Crippen LogP contribution in [0.25, 0.3) is 0 Å². The summed E-state index contributed by atoms with van der Waals surface area (Å²) in [5.41, 5.74) is 6.69. The van der Waals surface area contributed by atoms with Crippen molar-refractivity contribution in [3.05, 3.63) is 17.7 Å². The van der Waals surface area contributed by atoms with Crippen LogP contribution >= 0.6 is 11.8 Å². The number of thioether (sulfide) groups is 1. The molecule has 2 N–H and O–H groups in total. The SMILES string of the molecule is CCSCC(=O)N(CCCN)C1c2nc(C)cn2CC1(C)C. The molecule has 1 amide bonds. The van der Waals surface area contributed by atoms with Crippen molar-refractivity contribution in [1.82, 2.24) is 14.5 Å². The van der Waals surface area contributed by atoms with Crippen LogP contribution < -0.4 is 5.73 Å². The number of nitrogens with zero attached hydrogens (tertiary/aromatic N) is 3. The molecule has 1 aliphatic heterocycles. The molecule has 0 aromatic carbocycles. The molecule has 5 nitrogen and oxygen atoms in total. The molecule has 124 valence electrons. The third kappa shape index (κ3) is 3.49. The molecule has 0 aliphatic carbocycles.